The van der Waals surface area contributed by atoms with Gasteiger partial charge in [0, 0.05) is 19.1 Å². The number of hydrogen-bond donors (Lipinski definition) is 2. The third-order valence-electron chi connectivity index (χ3n) is 3.80. The molecular formula is C17H27N3O4S. The number of hydrogen-bond acceptors (Lipinski definition) is 5. The molecule has 0 radical (unpaired) electrons. The highest BCUT2D eigenvalue weighted by atomic mass is 32.2. The number of piperidine rings is 1. The molecule has 0 aliphatic carbocycles. The lowest BCUT2D eigenvalue weighted by Crippen LogP contribution is -2.53. The Kier molecular flexibility index (Phi) is 6.08. The fourth-order valence-corrected chi connectivity index (χ4v) is 3.46. The predicted molar refractivity (Wildman–Crippen MR) is 95.5 cm³/mol. The van der Waals surface area contributed by atoms with Crippen LogP contribution in [-0.4, -0.2) is 44.1 Å². The first-order valence-electron chi connectivity index (χ1n) is 8.39. The van der Waals surface area contributed by atoms with E-state index in [9.17, 15) is 13.2 Å². The summed E-state index contributed by atoms with van der Waals surface area (Å²) in [4.78, 5) is 16.4. The lowest BCUT2D eigenvalue weighted by atomic mass is 10.1. The Balaban J connectivity index is 1.92. The molecular weight excluding hydrogens is 342 g/mol. The van der Waals surface area contributed by atoms with E-state index in [0.29, 0.717) is 13.1 Å². The summed E-state index contributed by atoms with van der Waals surface area (Å²) < 4.78 is 30.0. The topological polar surface area (TPSA) is 87.7 Å². The Hall–Kier alpha value is -1.64. The fraction of sp³-hybridized carbons (Fsp3) is 0.588. The fourth-order valence-electron chi connectivity index (χ4n) is 2.52. The van der Waals surface area contributed by atoms with Crippen LogP contribution in [0.5, 0.6) is 0 Å². The van der Waals surface area contributed by atoms with Crippen LogP contribution in [0.1, 0.15) is 39.2 Å². The third-order valence-corrected chi connectivity index (χ3v) is 5.08. The highest BCUT2D eigenvalue weighted by Gasteiger charge is 2.28. The number of rotatable bonds is 4. The smallest absolute Gasteiger partial charge is 0.410 e. The summed E-state index contributed by atoms with van der Waals surface area (Å²) in [5.74, 6) is 0. The van der Waals surface area contributed by atoms with E-state index in [2.05, 4.69) is 10.3 Å². The predicted octanol–water partition coefficient (Wildman–Crippen LogP) is 2.18. The van der Waals surface area contributed by atoms with Crippen molar-refractivity contribution in [2.24, 2.45) is 0 Å². The Morgan fingerprint density at radius 2 is 1.88 bits per heavy atom. The molecule has 7 nitrogen and oxygen atoms in total. The lowest BCUT2D eigenvalue weighted by molar-refractivity contribution is 0.0186. The van der Waals surface area contributed by atoms with Crippen LogP contribution in [0, 0.1) is 6.92 Å². The Morgan fingerprint density at radius 1 is 1.24 bits per heavy atom. The van der Waals surface area contributed by atoms with Crippen LogP contribution in [0.2, 0.25) is 0 Å². The molecule has 0 aromatic heterocycles. The van der Waals surface area contributed by atoms with Crippen molar-refractivity contribution in [3.63, 3.8) is 0 Å². The first-order valence-corrected chi connectivity index (χ1v) is 9.87. The molecule has 25 heavy (non-hydrogen) atoms. The van der Waals surface area contributed by atoms with Crippen molar-refractivity contribution in [1.29, 1.82) is 0 Å². The van der Waals surface area contributed by atoms with Gasteiger partial charge in [-0.1, -0.05) is 17.7 Å². The molecule has 0 saturated carbocycles. The number of ether oxygens (including phenoxy) is 1. The van der Waals surface area contributed by atoms with E-state index in [1.165, 1.54) is 0 Å². The molecule has 140 valence electrons. The van der Waals surface area contributed by atoms with E-state index in [-0.39, 0.29) is 17.0 Å². The number of amides is 1. The number of sulfonamides is 1. The average molecular weight is 369 g/mol. The number of benzene rings is 1. The number of nitrogens with one attached hydrogen (secondary N) is 2. The van der Waals surface area contributed by atoms with Gasteiger partial charge in [-0.15, -0.1) is 4.83 Å². The zero-order valence-corrected chi connectivity index (χ0v) is 16.0. The zero-order chi connectivity index (χ0) is 18.7. The van der Waals surface area contributed by atoms with Gasteiger partial charge in [-0.2, -0.15) is 0 Å². The van der Waals surface area contributed by atoms with Crippen LogP contribution in [0.3, 0.4) is 0 Å². The summed E-state index contributed by atoms with van der Waals surface area (Å²) in [7, 11) is -3.64. The highest BCUT2D eigenvalue weighted by Crippen LogP contribution is 2.15. The van der Waals surface area contributed by atoms with E-state index in [0.717, 1.165) is 18.4 Å². The normalized spacial score (nSPS) is 18.9. The van der Waals surface area contributed by atoms with Crippen LogP contribution in [0.15, 0.2) is 29.2 Å². The molecule has 1 fully saturated rings. The zero-order valence-electron chi connectivity index (χ0n) is 15.2. The highest BCUT2D eigenvalue weighted by molar-refractivity contribution is 7.89. The summed E-state index contributed by atoms with van der Waals surface area (Å²) in [6, 6.07) is 6.46. The lowest BCUT2D eigenvalue weighted by Gasteiger charge is -2.34. The van der Waals surface area contributed by atoms with Crippen molar-refractivity contribution in [2.75, 3.05) is 13.1 Å². The van der Waals surface area contributed by atoms with Gasteiger partial charge in [-0.3, -0.25) is 0 Å². The standard InChI is InChI=1S/C17H27N3O4S/c1-13-7-9-15(10-8-13)25(22,23)19-18-14-6-5-11-20(12-14)16(21)24-17(2,3)4/h7-10,14,18-19H,5-6,11-12H2,1-4H3. The summed E-state index contributed by atoms with van der Waals surface area (Å²) in [6.07, 6.45) is 1.18. The number of hydrazine groups is 1. The molecule has 2 N–H and O–H groups in total. The number of nitrogens with zero attached hydrogens (tertiary/aromatic N) is 1. The third kappa shape index (κ3) is 5.98. The molecule has 1 amide bonds. The average Bonchev–Trinajstić information content (AvgIpc) is 2.52. The van der Waals surface area contributed by atoms with Gasteiger partial charge in [0.05, 0.1) is 4.90 Å². The van der Waals surface area contributed by atoms with Crippen molar-refractivity contribution in [2.45, 2.75) is 57.1 Å². The molecule has 1 atom stereocenters. The SMILES string of the molecule is Cc1ccc(S(=O)(=O)NNC2CCCN(C(=O)OC(C)(C)C)C2)cc1. The molecule has 1 aliphatic heterocycles. The Bertz CT molecular complexity index is 696. The molecule has 1 heterocycles. The molecule has 1 aliphatic rings. The Morgan fingerprint density at radius 3 is 2.48 bits per heavy atom. The van der Waals surface area contributed by atoms with Crippen LogP contribution >= 0.6 is 0 Å². The van der Waals surface area contributed by atoms with Gasteiger partial charge in [-0.25, -0.2) is 18.6 Å². The minimum absolute atomic E-state index is 0.165. The molecule has 1 aromatic carbocycles. The van der Waals surface area contributed by atoms with Gasteiger partial charge in [-0.05, 0) is 52.7 Å². The van der Waals surface area contributed by atoms with Crippen molar-refractivity contribution < 1.29 is 17.9 Å². The van der Waals surface area contributed by atoms with Crippen LogP contribution < -0.4 is 10.3 Å². The number of carbonyl (C=O) groups is 1. The molecule has 2 rings (SSSR count). The summed E-state index contributed by atoms with van der Waals surface area (Å²) in [5.41, 5.74) is 3.28. The maximum absolute atomic E-state index is 12.3. The quantitative estimate of drug-likeness (QED) is 0.794. The summed E-state index contributed by atoms with van der Waals surface area (Å²) >= 11 is 0. The summed E-state index contributed by atoms with van der Waals surface area (Å²) in [6.45, 7) is 8.36. The van der Waals surface area contributed by atoms with E-state index < -0.39 is 15.6 Å². The number of aryl methyl sites for hydroxylation is 1. The van der Waals surface area contributed by atoms with Crippen molar-refractivity contribution in [3.8, 4) is 0 Å². The minimum atomic E-state index is -3.64. The largest absolute Gasteiger partial charge is 0.444 e. The molecule has 1 aromatic rings. The van der Waals surface area contributed by atoms with E-state index in [1.54, 1.807) is 29.2 Å². The first-order chi connectivity index (χ1) is 11.6. The summed E-state index contributed by atoms with van der Waals surface area (Å²) in [5, 5.41) is 0. The first kappa shape index (κ1) is 19.7. The second kappa shape index (κ2) is 7.72. The van der Waals surface area contributed by atoms with E-state index in [4.69, 9.17) is 4.74 Å². The van der Waals surface area contributed by atoms with Crippen LogP contribution in [0.4, 0.5) is 4.79 Å². The molecule has 8 heteroatoms. The van der Waals surface area contributed by atoms with Gasteiger partial charge < -0.3 is 9.64 Å². The second-order valence-corrected chi connectivity index (χ2v) is 9.01. The van der Waals surface area contributed by atoms with E-state index >= 15 is 0 Å². The van der Waals surface area contributed by atoms with Gasteiger partial charge in [0.15, 0.2) is 0 Å². The number of carbonyl (C=O) groups excluding carboxylic acids is 1. The van der Waals surface area contributed by atoms with Crippen LogP contribution in [0.25, 0.3) is 0 Å². The van der Waals surface area contributed by atoms with Crippen LogP contribution in [-0.2, 0) is 14.8 Å². The molecule has 1 saturated heterocycles. The van der Waals surface area contributed by atoms with Gasteiger partial charge >= 0.3 is 6.09 Å². The number of likely N-dealkylation sites (tertiary alicyclic amines) is 1. The van der Waals surface area contributed by atoms with Gasteiger partial charge in [0.1, 0.15) is 5.60 Å². The Labute approximate surface area is 149 Å². The van der Waals surface area contributed by atoms with Crippen molar-refractivity contribution in [3.05, 3.63) is 29.8 Å². The van der Waals surface area contributed by atoms with Gasteiger partial charge in [0.2, 0.25) is 0 Å². The van der Waals surface area contributed by atoms with Crippen molar-refractivity contribution >= 4 is 16.1 Å². The second-order valence-electron chi connectivity index (χ2n) is 7.33. The van der Waals surface area contributed by atoms with E-state index in [1.807, 2.05) is 27.7 Å². The molecule has 0 bridgehead atoms. The van der Waals surface area contributed by atoms with Crippen molar-refractivity contribution in [1.82, 2.24) is 15.2 Å². The monoisotopic (exact) mass is 369 g/mol. The van der Waals surface area contributed by atoms with Gasteiger partial charge in [0.25, 0.3) is 10.0 Å². The minimum Gasteiger partial charge on any atom is -0.444 e. The molecule has 0 spiro atoms. The molecule has 1 unspecified atom stereocenters. The maximum Gasteiger partial charge on any atom is 0.410 e. The maximum atomic E-state index is 12.3.